The molecular weight excluding hydrogens is 372 g/mol. The van der Waals surface area contributed by atoms with Gasteiger partial charge in [-0.05, 0) is 58.3 Å². The third kappa shape index (κ3) is 3.81. The van der Waals surface area contributed by atoms with Crippen LogP contribution in [0.3, 0.4) is 0 Å². The van der Waals surface area contributed by atoms with Gasteiger partial charge in [-0.15, -0.1) is 0 Å². The van der Waals surface area contributed by atoms with Crippen molar-refractivity contribution in [1.29, 1.82) is 5.26 Å². The molecule has 4 rings (SSSR count). The van der Waals surface area contributed by atoms with Gasteiger partial charge in [-0.1, -0.05) is 64.5 Å². The SMILES string of the molecule is Cc1cc(C#N)cc2ccccc12.Nc1cc(Br)c2ccccc2c1. The van der Waals surface area contributed by atoms with E-state index < -0.39 is 0 Å². The van der Waals surface area contributed by atoms with Crippen molar-refractivity contribution >= 4 is 43.2 Å². The number of nitrogen functional groups attached to an aromatic ring is 1. The molecule has 0 aromatic heterocycles. The summed E-state index contributed by atoms with van der Waals surface area (Å²) in [5, 5.41) is 13.5. The van der Waals surface area contributed by atoms with Crippen LogP contribution in [-0.4, -0.2) is 0 Å². The molecule has 0 radical (unpaired) electrons. The number of halogens is 1. The Balaban J connectivity index is 0.000000146. The van der Waals surface area contributed by atoms with Crippen LogP contribution in [0, 0.1) is 18.3 Å². The van der Waals surface area contributed by atoms with Gasteiger partial charge >= 0.3 is 0 Å². The van der Waals surface area contributed by atoms with Crippen molar-refractivity contribution in [3.8, 4) is 6.07 Å². The molecule has 0 aliphatic rings. The van der Waals surface area contributed by atoms with Gasteiger partial charge in [-0.2, -0.15) is 5.26 Å². The normalized spacial score (nSPS) is 10.1. The molecule has 0 atom stereocenters. The van der Waals surface area contributed by atoms with Gasteiger partial charge in [0.25, 0.3) is 0 Å². The molecular formula is C22H17BrN2. The lowest BCUT2D eigenvalue weighted by atomic mass is 10.0. The first kappa shape index (κ1) is 17.0. The molecule has 0 aliphatic heterocycles. The lowest BCUT2D eigenvalue weighted by molar-refractivity contribution is 1.46. The number of anilines is 1. The highest BCUT2D eigenvalue weighted by Gasteiger charge is 1.99. The summed E-state index contributed by atoms with van der Waals surface area (Å²) in [5.74, 6) is 0. The number of hydrogen-bond acceptors (Lipinski definition) is 2. The number of nitrogens with zero attached hydrogens (tertiary/aromatic N) is 1. The van der Waals surface area contributed by atoms with E-state index in [0.29, 0.717) is 0 Å². The van der Waals surface area contributed by atoms with Gasteiger partial charge in [0.1, 0.15) is 0 Å². The van der Waals surface area contributed by atoms with Gasteiger partial charge in [0.05, 0.1) is 11.6 Å². The molecule has 0 bridgehead atoms. The number of benzene rings is 4. The fraction of sp³-hybridized carbons (Fsp3) is 0.0455. The van der Waals surface area contributed by atoms with Gasteiger partial charge in [-0.25, -0.2) is 0 Å². The van der Waals surface area contributed by atoms with E-state index in [2.05, 4.69) is 40.2 Å². The van der Waals surface area contributed by atoms with Crippen LogP contribution in [0.1, 0.15) is 11.1 Å². The number of rotatable bonds is 0. The van der Waals surface area contributed by atoms with Crippen LogP contribution < -0.4 is 5.73 Å². The van der Waals surface area contributed by atoms with Gasteiger partial charge in [0, 0.05) is 10.2 Å². The number of fused-ring (bicyclic) bond motifs is 2. The van der Waals surface area contributed by atoms with Crippen molar-refractivity contribution in [2.24, 2.45) is 0 Å². The van der Waals surface area contributed by atoms with Gasteiger partial charge in [0.15, 0.2) is 0 Å². The van der Waals surface area contributed by atoms with Crippen molar-refractivity contribution in [1.82, 2.24) is 0 Å². The fourth-order valence-corrected chi connectivity index (χ4v) is 3.48. The quantitative estimate of drug-likeness (QED) is 0.364. The zero-order chi connectivity index (χ0) is 17.8. The van der Waals surface area contributed by atoms with Crippen LogP contribution in [0.2, 0.25) is 0 Å². The molecule has 0 aliphatic carbocycles. The predicted molar refractivity (Wildman–Crippen MR) is 109 cm³/mol. The van der Waals surface area contributed by atoms with Crippen molar-refractivity contribution in [3.63, 3.8) is 0 Å². The second-order valence-electron chi connectivity index (χ2n) is 5.85. The minimum atomic E-state index is 0.733. The molecule has 122 valence electrons. The maximum Gasteiger partial charge on any atom is 0.0991 e. The molecule has 25 heavy (non-hydrogen) atoms. The molecule has 0 heterocycles. The van der Waals surface area contributed by atoms with E-state index in [1.165, 1.54) is 16.2 Å². The average molecular weight is 389 g/mol. The highest BCUT2D eigenvalue weighted by molar-refractivity contribution is 9.10. The van der Waals surface area contributed by atoms with Crippen LogP contribution >= 0.6 is 15.9 Å². The van der Waals surface area contributed by atoms with Crippen molar-refractivity contribution < 1.29 is 0 Å². The molecule has 0 amide bonds. The minimum absolute atomic E-state index is 0.733. The second kappa shape index (κ2) is 7.38. The Morgan fingerprint density at radius 2 is 1.44 bits per heavy atom. The Morgan fingerprint density at radius 1 is 0.840 bits per heavy atom. The van der Waals surface area contributed by atoms with Gasteiger partial charge in [0.2, 0.25) is 0 Å². The van der Waals surface area contributed by atoms with Gasteiger partial charge in [-0.3, -0.25) is 0 Å². The zero-order valence-electron chi connectivity index (χ0n) is 13.8. The topological polar surface area (TPSA) is 49.8 Å². The summed E-state index contributed by atoms with van der Waals surface area (Å²) < 4.78 is 1.05. The maximum absolute atomic E-state index is 8.77. The second-order valence-corrected chi connectivity index (χ2v) is 6.70. The first-order chi connectivity index (χ1) is 12.1. The van der Waals surface area contributed by atoms with Gasteiger partial charge < -0.3 is 5.73 Å². The standard InChI is InChI=1S/C12H9N.C10H8BrN/c1-9-6-10(8-13)7-11-4-2-3-5-12(9)11;11-10-6-8(12)5-7-3-1-2-4-9(7)10/h2-7H,1H3;1-6H,12H2. The molecule has 4 aromatic carbocycles. The Morgan fingerprint density at radius 3 is 2.12 bits per heavy atom. The monoisotopic (exact) mass is 388 g/mol. The van der Waals surface area contributed by atoms with E-state index in [9.17, 15) is 0 Å². The summed E-state index contributed by atoms with van der Waals surface area (Å²) in [6.45, 7) is 2.03. The molecule has 0 saturated heterocycles. The van der Waals surface area contributed by atoms with Crippen molar-refractivity contribution in [2.45, 2.75) is 6.92 Å². The molecule has 0 fully saturated rings. The van der Waals surface area contributed by atoms with E-state index in [1.54, 1.807) is 0 Å². The summed E-state index contributed by atoms with van der Waals surface area (Å²) in [6.07, 6.45) is 0. The summed E-state index contributed by atoms with van der Waals surface area (Å²) in [5.41, 5.74) is 8.38. The predicted octanol–water partition coefficient (Wildman–Crippen LogP) is 6.20. The molecule has 3 heteroatoms. The molecule has 2 N–H and O–H groups in total. The molecule has 0 unspecified atom stereocenters. The van der Waals surface area contributed by atoms with Crippen LogP contribution in [0.15, 0.2) is 77.3 Å². The first-order valence-corrected chi connectivity index (χ1v) is 8.71. The maximum atomic E-state index is 8.77. The zero-order valence-corrected chi connectivity index (χ0v) is 15.4. The van der Waals surface area contributed by atoms with E-state index in [-0.39, 0.29) is 0 Å². The van der Waals surface area contributed by atoms with Crippen molar-refractivity contribution in [3.05, 3.63) is 88.4 Å². The van der Waals surface area contributed by atoms with E-state index in [0.717, 1.165) is 26.7 Å². The van der Waals surface area contributed by atoms with Crippen molar-refractivity contribution in [2.75, 3.05) is 5.73 Å². The number of nitriles is 1. The number of aryl methyl sites for hydroxylation is 1. The summed E-state index contributed by atoms with van der Waals surface area (Å²) >= 11 is 3.47. The Bertz CT molecular complexity index is 1090. The highest BCUT2D eigenvalue weighted by atomic mass is 79.9. The lowest BCUT2D eigenvalue weighted by Gasteiger charge is -2.01. The van der Waals surface area contributed by atoms with Crippen LogP contribution in [0.5, 0.6) is 0 Å². The Kier molecular flexibility index (Phi) is 5.02. The summed E-state index contributed by atoms with van der Waals surface area (Å²) in [6, 6.07) is 26.1. The highest BCUT2D eigenvalue weighted by Crippen LogP contribution is 2.26. The Labute approximate surface area is 155 Å². The third-order valence-corrected chi connectivity index (χ3v) is 4.69. The van der Waals surface area contributed by atoms with Crippen LogP contribution in [0.4, 0.5) is 5.69 Å². The van der Waals surface area contributed by atoms with E-state index >= 15 is 0 Å². The molecule has 0 spiro atoms. The minimum Gasteiger partial charge on any atom is -0.399 e. The van der Waals surface area contributed by atoms with E-state index in [4.69, 9.17) is 11.0 Å². The largest absolute Gasteiger partial charge is 0.399 e. The molecule has 0 saturated carbocycles. The summed E-state index contributed by atoms with van der Waals surface area (Å²) in [7, 11) is 0. The van der Waals surface area contributed by atoms with Crippen LogP contribution in [0.25, 0.3) is 21.5 Å². The number of hydrogen-bond donors (Lipinski definition) is 1. The molecule has 4 aromatic rings. The lowest BCUT2D eigenvalue weighted by Crippen LogP contribution is -1.84. The summed E-state index contributed by atoms with van der Waals surface area (Å²) in [4.78, 5) is 0. The average Bonchev–Trinajstić information content (AvgIpc) is 2.62. The van der Waals surface area contributed by atoms with Crippen LogP contribution in [-0.2, 0) is 0 Å². The van der Waals surface area contributed by atoms with E-state index in [1.807, 2.05) is 61.5 Å². The first-order valence-electron chi connectivity index (χ1n) is 7.92. The third-order valence-electron chi connectivity index (χ3n) is 4.03. The fourth-order valence-electron chi connectivity index (χ4n) is 2.85. The Hall–Kier alpha value is -2.83. The smallest absolute Gasteiger partial charge is 0.0991 e. The molecule has 2 nitrogen and oxygen atoms in total. The number of nitrogens with two attached hydrogens (primary N) is 1.